The van der Waals surface area contributed by atoms with E-state index in [0.717, 1.165) is 15.6 Å². The number of benzene rings is 2. The number of carbonyl (C=O) groups is 1. The molecular weight excluding hydrogens is 401 g/mol. The SMILES string of the molecule is Cc1cc(O[C@@H](C)C(=O)Nc2ccc(Br)c(Cl)c2)cc(C)c1Cl. The van der Waals surface area contributed by atoms with Crippen molar-refractivity contribution in [2.45, 2.75) is 26.9 Å². The zero-order valence-electron chi connectivity index (χ0n) is 12.9. The van der Waals surface area contributed by atoms with E-state index >= 15 is 0 Å². The summed E-state index contributed by atoms with van der Waals surface area (Å²) in [5, 5.41) is 4.01. The number of amides is 1. The molecule has 1 amide bonds. The minimum absolute atomic E-state index is 0.256. The predicted molar refractivity (Wildman–Crippen MR) is 98.8 cm³/mol. The molecule has 0 aliphatic carbocycles. The Hall–Kier alpha value is -1.23. The molecule has 6 heteroatoms. The van der Waals surface area contributed by atoms with Crippen LogP contribution < -0.4 is 10.1 Å². The van der Waals surface area contributed by atoms with E-state index in [4.69, 9.17) is 27.9 Å². The van der Waals surface area contributed by atoms with Crippen molar-refractivity contribution in [1.29, 1.82) is 0 Å². The summed E-state index contributed by atoms with van der Waals surface area (Å²) in [6, 6.07) is 8.84. The second-order valence-electron chi connectivity index (χ2n) is 5.25. The van der Waals surface area contributed by atoms with Gasteiger partial charge in [0.15, 0.2) is 6.10 Å². The van der Waals surface area contributed by atoms with E-state index in [0.29, 0.717) is 21.5 Å². The molecule has 0 aromatic heterocycles. The van der Waals surface area contributed by atoms with E-state index in [9.17, 15) is 4.79 Å². The summed E-state index contributed by atoms with van der Waals surface area (Å²) in [6.07, 6.45) is -0.655. The highest BCUT2D eigenvalue weighted by atomic mass is 79.9. The Morgan fingerprint density at radius 2 is 1.78 bits per heavy atom. The quantitative estimate of drug-likeness (QED) is 0.685. The van der Waals surface area contributed by atoms with Gasteiger partial charge in [0.25, 0.3) is 5.91 Å². The Morgan fingerprint density at radius 1 is 1.17 bits per heavy atom. The molecule has 2 aromatic carbocycles. The first kappa shape index (κ1) is 18.1. The molecule has 0 saturated heterocycles. The highest BCUT2D eigenvalue weighted by Crippen LogP contribution is 2.27. The second-order valence-corrected chi connectivity index (χ2v) is 6.89. The van der Waals surface area contributed by atoms with E-state index in [1.807, 2.05) is 26.0 Å². The standard InChI is InChI=1S/C17H16BrCl2NO2/c1-9-6-13(7-10(2)16(9)20)23-11(3)17(22)21-12-4-5-14(18)15(19)8-12/h4-8,11H,1-3H3,(H,21,22)/t11-/m0/s1. The number of nitrogens with one attached hydrogen (secondary N) is 1. The molecule has 0 radical (unpaired) electrons. The Balaban J connectivity index is 2.06. The van der Waals surface area contributed by atoms with E-state index in [1.54, 1.807) is 25.1 Å². The molecule has 0 bridgehead atoms. The van der Waals surface area contributed by atoms with E-state index in [-0.39, 0.29) is 5.91 Å². The van der Waals surface area contributed by atoms with Gasteiger partial charge in [-0.25, -0.2) is 0 Å². The summed E-state index contributed by atoms with van der Waals surface area (Å²) >= 11 is 15.5. The van der Waals surface area contributed by atoms with Crippen LogP contribution in [-0.4, -0.2) is 12.0 Å². The van der Waals surface area contributed by atoms with Crippen LogP contribution >= 0.6 is 39.1 Å². The van der Waals surface area contributed by atoms with Crippen molar-refractivity contribution in [3.8, 4) is 5.75 Å². The largest absolute Gasteiger partial charge is 0.481 e. The molecule has 1 atom stereocenters. The van der Waals surface area contributed by atoms with Crippen molar-refractivity contribution in [3.05, 3.63) is 56.0 Å². The van der Waals surface area contributed by atoms with Gasteiger partial charge in [-0.15, -0.1) is 0 Å². The third kappa shape index (κ3) is 4.63. The van der Waals surface area contributed by atoms with Gasteiger partial charge in [0.1, 0.15) is 5.75 Å². The molecule has 23 heavy (non-hydrogen) atoms. The minimum atomic E-state index is -0.655. The maximum absolute atomic E-state index is 12.2. The molecule has 0 spiro atoms. The maximum atomic E-state index is 12.2. The van der Waals surface area contributed by atoms with Crippen molar-refractivity contribution >= 4 is 50.7 Å². The van der Waals surface area contributed by atoms with E-state index in [1.165, 1.54) is 0 Å². The van der Waals surface area contributed by atoms with Crippen LogP contribution in [-0.2, 0) is 4.79 Å². The number of aryl methyl sites for hydroxylation is 2. The van der Waals surface area contributed by atoms with Gasteiger partial charge in [0.05, 0.1) is 5.02 Å². The first-order chi connectivity index (χ1) is 10.8. The zero-order valence-corrected chi connectivity index (χ0v) is 16.0. The maximum Gasteiger partial charge on any atom is 0.265 e. The molecule has 0 aliphatic heterocycles. The fraction of sp³-hybridized carbons (Fsp3) is 0.235. The van der Waals surface area contributed by atoms with Crippen molar-refractivity contribution in [2.75, 3.05) is 5.32 Å². The summed E-state index contributed by atoms with van der Waals surface area (Å²) in [7, 11) is 0. The minimum Gasteiger partial charge on any atom is -0.481 e. The Morgan fingerprint density at radius 3 is 2.35 bits per heavy atom. The lowest BCUT2D eigenvalue weighted by Gasteiger charge is -2.16. The zero-order chi connectivity index (χ0) is 17.1. The number of ether oxygens (including phenoxy) is 1. The van der Waals surface area contributed by atoms with Crippen LogP contribution in [0.1, 0.15) is 18.1 Å². The predicted octanol–water partition coefficient (Wildman–Crippen LogP) is 5.78. The summed E-state index contributed by atoms with van der Waals surface area (Å²) in [5.41, 5.74) is 2.44. The monoisotopic (exact) mass is 415 g/mol. The number of hydrogen-bond acceptors (Lipinski definition) is 2. The molecule has 0 saturated carbocycles. The Labute approximate surface area is 154 Å². The molecule has 0 heterocycles. The lowest BCUT2D eigenvalue weighted by Crippen LogP contribution is -2.30. The van der Waals surface area contributed by atoms with Gasteiger partial charge < -0.3 is 10.1 Å². The fourth-order valence-corrected chi connectivity index (χ4v) is 2.59. The lowest BCUT2D eigenvalue weighted by atomic mass is 10.1. The molecule has 1 N–H and O–H groups in total. The molecule has 0 fully saturated rings. The van der Waals surface area contributed by atoms with Crippen LogP contribution in [0.25, 0.3) is 0 Å². The molecule has 0 aliphatic rings. The summed E-state index contributed by atoms with van der Waals surface area (Å²) in [6.45, 7) is 5.49. The van der Waals surface area contributed by atoms with Crippen LogP contribution in [0.2, 0.25) is 10.0 Å². The molecule has 2 aromatic rings. The van der Waals surface area contributed by atoms with E-state index in [2.05, 4.69) is 21.2 Å². The average molecular weight is 417 g/mol. The Kier molecular flexibility index (Phi) is 5.95. The lowest BCUT2D eigenvalue weighted by molar-refractivity contribution is -0.122. The van der Waals surface area contributed by atoms with Gasteiger partial charge in [-0.2, -0.15) is 0 Å². The fourth-order valence-electron chi connectivity index (χ4n) is 2.05. The van der Waals surface area contributed by atoms with Gasteiger partial charge in [-0.1, -0.05) is 23.2 Å². The van der Waals surface area contributed by atoms with E-state index < -0.39 is 6.10 Å². The number of carbonyl (C=O) groups excluding carboxylic acids is 1. The topological polar surface area (TPSA) is 38.3 Å². The van der Waals surface area contributed by atoms with Gasteiger partial charge in [-0.05, 0) is 78.2 Å². The van der Waals surface area contributed by atoms with Gasteiger partial charge >= 0.3 is 0 Å². The van der Waals surface area contributed by atoms with Gasteiger partial charge in [0, 0.05) is 15.2 Å². The van der Waals surface area contributed by atoms with Crippen molar-refractivity contribution in [1.82, 2.24) is 0 Å². The van der Waals surface area contributed by atoms with Gasteiger partial charge in [-0.3, -0.25) is 4.79 Å². The molecule has 3 nitrogen and oxygen atoms in total. The van der Waals surface area contributed by atoms with Gasteiger partial charge in [0.2, 0.25) is 0 Å². The third-order valence-corrected chi connectivity index (χ3v) is 5.11. The average Bonchev–Trinajstić information content (AvgIpc) is 2.48. The van der Waals surface area contributed by atoms with Crippen molar-refractivity contribution in [3.63, 3.8) is 0 Å². The normalized spacial score (nSPS) is 11.9. The molecular formula is C17H16BrCl2NO2. The summed E-state index contributed by atoms with van der Waals surface area (Å²) in [5.74, 6) is 0.356. The van der Waals surface area contributed by atoms with Crippen LogP contribution in [0.5, 0.6) is 5.75 Å². The van der Waals surface area contributed by atoms with Crippen LogP contribution in [0.4, 0.5) is 5.69 Å². The molecule has 0 unspecified atom stereocenters. The summed E-state index contributed by atoms with van der Waals surface area (Å²) < 4.78 is 6.48. The van der Waals surface area contributed by atoms with Crippen LogP contribution in [0.15, 0.2) is 34.8 Å². The molecule has 122 valence electrons. The molecule has 2 rings (SSSR count). The number of halogens is 3. The highest BCUT2D eigenvalue weighted by Gasteiger charge is 2.16. The Bertz CT molecular complexity index is 726. The van der Waals surface area contributed by atoms with Crippen LogP contribution in [0.3, 0.4) is 0 Å². The first-order valence-electron chi connectivity index (χ1n) is 6.97. The first-order valence-corrected chi connectivity index (χ1v) is 8.52. The smallest absolute Gasteiger partial charge is 0.265 e. The highest BCUT2D eigenvalue weighted by molar-refractivity contribution is 9.10. The number of rotatable bonds is 4. The number of hydrogen-bond donors (Lipinski definition) is 1. The third-order valence-electron chi connectivity index (χ3n) is 3.28. The van der Waals surface area contributed by atoms with Crippen LogP contribution in [0, 0.1) is 13.8 Å². The number of anilines is 1. The summed E-state index contributed by atoms with van der Waals surface area (Å²) in [4.78, 5) is 12.2. The van der Waals surface area contributed by atoms with Crippen molar-refractivity contribution in [2.24, 2.45) is 0 Å². The van der Waals surface area contributed by atoms with Crippen molar-refractivity contribution < 1.29 is 9.53 Å². The second kappa shape index (κ2) is 7.56.